The summed E-state index contributed by atoms with van der Waals surface area (Å²) in [5, 5.41) is 10.00. The van der Waals surface area contributed by atoms with Crippen molar-refractivity contribution >= 4 is 27.5 Å². The van der Waals surface area contributed by atoms with Crippen molar-refractivity contribution in [2.75, 3.05) is 0 Å². The molecule has 3 nitrogen and oxygen atoms in total. The molecule has 0 unspecified atom stereocenters. The van der Waals surface area contributed by atoms with Gasteiger partial charge in [0.15, 0.2) is 0 Å². The number of aliphatic hydroxyl groups is 1. The Bertz CT molecular complexity index is 560. The van der Waals surface area contributed by atoms with Crippen LogP contribution in [0.1, 0.15) is 18.6 Å². The molecule has 18 heavy (non-hydrogen) atoms. The zero-order valence-corrected chi connectivity index (χ0v) is 11.9. The molecule has 5 heteroatoms. The van der Waals surface area contributed by atoms with Gasteiger partial charge >= 0.3 is 0 Å². The Labute approximate surface area is 119 Å². The van der Waals surface area contributed by atoms with Crippen LogP contribution in [-0.4, -0.2) is 10.1 Å². The third-order valence-electron chi connectivity index (χ3n) is 2.35. The van der Waals surface area contributed by atoms with E-state index in [0.717, 1.165) is 10.0 Å². The predicted molar refractivity (Wildman–Crippen MR) is 74.1 cm³/mol. The first kappa shape index (κ1) is 13.3. The average molecular weight is 329 g/mol. The van der Waals surface area contributed by atoms with Crippen LogP contribution in [0.4, 0.5) is 0 Å². The topological polar surface area (TPSA) is 42.4 Å². The highest BCUT2D eigenvalue weighted by atomic mass is 79.9. The molecular weight excluding hydrogens is 318 g/mol. The average Bonchev–Trinajstić information content (AvgIpc) is 2.34. The van der Waals surface area contributed by atoms with E-state index in [2.05, 4.69) is 20.9 Å². The van der Waals surface area contributed by atoms with Crippen molar-refractivity contribution in [3.05, 3.63) is 51.6 Å². The van der Waals surface area contributed by atoms with Crippen LogP contribution in [0.5, 0.6) is 11.6 Å². The molecule has 1 aromatic heterocycles. The van der Waals surface area contributed by atoms with Crippen molar-refractivity contribution in [2.24, 2.45) is 0 Å². The summed E-state index contributed by atoms with van der Waals surface area (Å²) in [5.74, 6) is 0.912. The number of ether oxygens (including phenoxy) is 1. The maximum atomic E-state index is 9.50. The van der Waals surface area contributed by atoms with Crippen molar-refractivity contribution in [2.45, 2.75) is 13.0 Å². The number of pyridine rings is 1. The number of rotatable bonds is 3. The lowest BCUT2D eigenvalue weighted by atomic mass is 10.2. The number of hydrogen-bond acceptors (Lipinski definition) is 3. The van der Waals surface area contributed by atoms with Gasteiger partial charge in [-0.05, 0) is 36.8 Å². The minimum absolute atomic E-state index is 0.397. The highest BCUT2D eigenvalue weighted by Gasteiger charge is 2.07. The lowest BCUT2D eigenvalue weighted by Crippen LogP contribution is -1.94. The summed E-state index contributed by atoms with van der Waals surface area (Å²) in [5.41, 5.74) is 0.742. The van der Waals surface area contributed by atoms with Gasteiger partial charge in [-0.1, -0.05) is 27.5 Å². The molecule has 1 N–H and O–H groups in total. The van der Waals surface area contributed by atoms with Gasteiger partial charge < -0.3 is 9.84 Å². The normalized spacial score (nSPS) is 12.2. The molecular formula is C13H11BrClNO2. The molecule has 0 saturated carbocycles. The number of aromatic nitrogens is 1. The second-order valence-corrected chi connectivity index (χ2v) is 5.10. The van der Waals surface area contributed by atoms with Gasteiger partial charge in [-0.15, -0.1) is 0 Å². The summed E-state index contributed by atoms with van der Waals surface area (Å²) in [6.45, 7) is 1.69. The van der Waals surface area contributed by atoms with Crippen LogP contribution in [0.15, 0.2) is 41.0 Å². The van der Waals surface area contributed by atoms with Gasteiger partial charge in [-0.2, -0.15) is 0 Å². The summed E-state index contributed by atoms with van der Waals surface area (Å²) < 4.78 is 6.47. The van der Waals surface area contributed by atoms with Crippen LogP contribution < -0.4 is 4.74 Å². The molecule has 0 aliphatic rings. The maximum absolute atomic E-state index is 9.50. The third-order valence-corrected chi connectivity index (χ3v) is 3.15. The van der Waals surface area contributed by atoms with Crippen LogP contribution in [-0.2, 0) is 0 Å². The maximum Gasteiger partial charge on any atom is 0.219 e. The first-order chi connectivity index (χ1) is 8.56. The van der Waals surface area contributed by atoms with Crippen LogP contribution in [0.3, 0.4) is 0 Å². The van der Waals surface area contributed by atoms with Crippen LogP contribution in [0.2, 0.25) is 5.02 Å². The van der Waals surface area contributed by atoms with Crippen LogP contribution in [0.25, 0.3) is 0 Å². The molecule has 0 fully saturated rings. The third kappa shape index (κ3) is 3.22. The lowest BCUT2D eigenvalue weighted by Gasteiger charge is -2.09. The summed E-state index contributed by atoms with van der Waals surface area (Å²) in [7, 11) is 0. The molecule has 0 spiro atoms. The van der Waals surface area contributed by atoms with E-state index >= 15 is 0 Å². The lowest BCUT2D eigenvalue weighted by molar-refractivity contribution is 0.198. The Hall–Kier alpha value is -1.10. The molecule has 0 amide bonds. The minimum atomic E-state index is -0.562. The standard InChI is InChI=1S/C13H11BrClNO2/c1-8(17)9-4-5-16-13(6-9)18-12-7-10(14)2-3-11(12)15/h2-8,17H,1H3/t8-/m0/s1. The summed E-state index contributed by atoms with van der Waals surface area (Å²) in [6, 6.07) is 8.75. The molecule has 94 valence electrons. The number of benzene rings is 1. The van der Waals surface area contributed by atoms with E-state index in [1.54, 1.807) is 37.4 Å². The SMILES string of the molecule is C[C@H](O)c1ccnc(Oc2cc(Br)ccc2Cl)c1. The Morgan fingerprint density at radius 2 is 2.11 bits per heavy atom. The Morgan fingerprint density at radius 3 is 2.83 bits per heavy atom. The molecule has 0 radical (unpaired) electrons. The van der Waals surface area contributed by atoms with Crippen molar-refractivity contribution in [1.29, 1.82) is 0 Å². The van der Waals surface area contributed by atoms with Crippen molar-refractivity contribution in [3.63, 3.8) is 0 Å². The van der Waals surface area contributed by atoms with E-state index in [9.17, 15) is 5.11 Å². The number of halogens is 2. The molecule has 0 saturated heterocycles. The monoisotopic (exact) mass is 327 g/mol. The summed E-state index contributed by atoms with van der Waals surface area (Å²) >= 11 is 9.37. The Kier molecular flexibility index (Phi) is 4.22. The second kappa shape index (κ2) is 5.69. The molecule has 0 bridgehead atoms. The van der Waals surface area contributed by atoms with Crippen molar-refractivity contribution in [3.8, 4) is 11.6 Å². The van der Waals surface area contributed by atoms with Crippen LogP contribution >= 0.6 is 27.5 Å². The Morgan fingerprint density at radius 1 is 1.33 bits per heavy atom. The predicted octanol–water partition coefficient (Wildman–Crippen LogP) is 4.34. The van der Waals surface area contributed by atoms with E-state index in [1.807, 2.05) is 6.07 Å². The van der Waals surface area contributed by atoms with E-state index in [4.69, 9.17) is 16.3 Å². The van der Waals surface area contributed by atoms with E-state index < -0.39 is 6.10 Å². The van der Waals surface area contributed by atoms with Gasteiger partial charge in [0.1, 0.15) is 5.75 Å². The fourth-order valence-corrected chi connectivity index (χ4v) is 1.90. The van der Waals surface area contributed by atoms with E-state index in [0.29, 0.717) is 16.7 Å². The van der Waals surface area contributed by atoms with Gasteiger partial charge in [0, 0.05) is 16.7 Å². The van der Waals surface area contributed by atoms with Crippen molar-refractivity contribution < 1.29 is 9.84 Å². The molecule has 2 rings (SSSR count). The van der Waals surface area contributed by atoms with Gasteiger partial charge in [0.25, 0.3) is 0 Å². The van der Waals surface area contributed by atoms with Gasteiger partial charge in [-0.25, -0.2) is 4.98 Å². The summed E-state index contributed by atoms with van der Waals surface area (Å²) in [4.78, 5) is 4.08. The van der Waals surface area contributed by atoms with Crippen LogP contribution in [0, 0.1) is 0 Å². The first-order valence-electron chi connectivity index (χ1n) is 5.33. The quantitative estimate of drug-likeness (QED) is 0.911. The molecule has 1 aromatic carbocycles. The zero-order chi connectivity index (χ0) is 13.1. The van der Waals surface area contributed by atoms with Crippen molar-refractivity contribution in [1.82, 2.24) is 4.98 Å². The van der Waals surface area contributed by atoms with Gasteiger partial charge in [0.2, 0.25) is 5.88 Å². The minimum Gasteiger partial charge on any atom is -0.437 e. The highest BCUT2D eigenvalue weighted by Crippen LogP contribution is 2.31. The fraction of sp³-hybridized carbons (Fsp3) is 0.154. The molecule has 2 aromatic rings. The molecule has 0 aliphatic carbocycles. The number of aliphatic hydroxyl groups excluding tert-OH is 1. The van der Waals surface area contributed by atoms with Gasteiger partial charge in [-0.3, -0.25) is 0 Å². The molecule has 1 atom stereocenters. The molecule has 1 heterocycles. The fourth-order valence-electron chi connectivity index (χ4n) is 1.41. The first-order valence-corrected chi connectivity index (χ1v) is 6.50. The molecule has 0 aliphatic heterocycles. The second-order valence-electron chi connectivity index (χ2n) is 3.78. The van der Waals surface area contributed by atoms with Gasteiger partial charge in [0.05, 0.1) is 11.1 Å². The number of nitrogens with zero attached hydrogens (tertiary/aromatic N) is 1. The zero-order valence-electron chi connectivity index (χ0n) is 9.60. The largest absolute Gasteiger partial charge is 0.437 e. The van der Waals surface area contributed by atoms with E-state index in [-0.39, 0.29) is 0 Å². The Balaban J connectivity index is 2.28. The summed E-state index contributed by atoms with van der Waals surface area (Å²) in [6.07, 6.45) is 1.02. The highest BCUT2D eigenvalue weighted by molar-refractivity contribution is 9.10. The number of hydrogen-bond donors (Lipinski definition) is 1. The van der Waals surface area contributed by atoms with E-state index in [1.165, 1.54) is 0 Å². The smallest absolute Gasteiger partial charge is 0.219 e.